The van der Waals surface area contributed by atoms with Crippen molar-refractivity contribution in [1.82, 2.24) is 10.5 Å². The first-order valence-electron chi connectivity index (χ1n) is 2.89. The Bertz CT molecular complexity index is 258. The molecule has 0 aromatic carbocycles. The minimum absolute atomic E-state index is 0.683. The van der Waals surface area contributed by atoms with E-state index in [1.165, 1.54) is 0 Å². The molecule has 1 aliphatic heterocycles. The Labute approximate surface area is 57.6 Å². The van der Waals surface area contributed by atoms with Gasteiger partial charge in [0.15, 0.2) is 5.82 Å². The van der Waals surface area contributed by atoms with Gasteiger partial charge in [0.2, 0.25) is 0 Å². The molecule has 0 unspecified atom stereocenters. The molecule has 0 amide bonds. The second kappa shape index (κ2) is 1.74. The first kappa shape index (κ1) is 5.31. The third kappa shape index (κ3) is 0.577. The van der Waals surface area contributed by atoms with Crippen LogP contribution in [-0.2, 0) is 0 Å². The van der Waals surface area contributed by atoms with Crippen LogP contribution in [0.1, 0.15) is 0 Å². The minimum Gasteiger partial charge on any atom is -0.397 e. The third-order valence-corrected chi connectivity index (χ3v) is 1.35. The van der Waals surface area contributed by atoms with Gasteiger partial charge in [-0.1, -0.05) is 0 Å². The minimum atomic E-state index is 0.683. The number of hydrogen-bond acceptors (Lipinski definition) is 5. The molecule has 0 saturated carbocycles. The fraction of sp³-hybridized carbons (Fsp3) is 0. The van der Waals surface area contributed by atoms with Gasteiger partial charge in [-0.3, -0.25) is 10.9 Å². The molecule has 0 fully saturated rings. The van der Waals surface area contributed by atoms with Crippen LogP contribution in [0.15, 0.2) is 12.3 Å². The molecule has 2 heterocycles. The van der Waals surface area contributed by atoms with E-state index in [1.54, 1.807) is 12.3 Å². The van der Waals surface area contributed by atoms with Crippen LogP contribution in [0.4, 0.5) is 17.2 Å². The maximum Gasteiger partial charge on any atom is 0.168 e. The highest BCUT2D eigenvalue weighted by atomic mass is 15.6. The van der Waals surface area contributed by atoms with E-state index in [1.807, 2.05) is 0 Å². The number of nitrogens with zero attached hydrogens (tertiary/aromatic N) is 1. The van der Waals surface area contributed by atoms with Crippen molar-refractivity contribution in [3.8, 4) is 0 Å². The predicted octanol–water partition coefficient (Wildman–Crippen LogP) is -0.0792. The molecule has 10 heavy (non-hydrogen) atoms. The first-order valence-corrected chi connectivity index (χ1v) is 2.89. The van der Waals surface area contributed by atoms with Gasteiger partial charge in [-0.2, -0.15) is 0 Å². The molecular formula is C5H7N5. The molecule has 0 spiro atoms. The van der Waals surface area contributed by atoms with Crippen LogP contribution in [0.25, 0.3) is 0 Å². The van der Waals surface area contributed by atoms with Crippen molar-refractivity contribution in [3.63, 3.8) is 0 Å². The van der Waals surface area contributed by atoms with Gasteiger partial charge in [0.25, 0.3) is 0 Å². The second-order valence-electron chi connectivity index (χ2n) is 2.00. The zero-order valence-electron chi connectivity index (χ0n) is 5.18. The lowest BCUT2D eigenvalue weighted by Crippen LogP contribution is -2.19. The average molecular weight is 137 g/mol. The van der Waals surface area contributed by atoms with Crippen LogP contribution >= 0.6 is 0 Å². The van der Waals surface area contributed by atoms with E-state index in [2.05, 4.69) is 21.4 Å². The normalized spacial score (nSPS) is 13.6. The molecule has 5 nitrogen and oxygen atoms in total. The summed E-state index contributed by atoms with van der Waals surface area (Å²) in [6, 6.07) is 1.74. The number of nitrogen functional groups attached to an aromatic ring is 1. The summed E-state index contributed by atoms with van der Waals surface area (Å²) >= 11 is 0. The zero-order chi connectivity index (χ0) is 6.97. The molecule has 1 aromatic heterocycles. The van der Waals surface area contributed by atoms with E-state index < -0.39 is 0 Å². The van der Waals surface area contributed by atoms with Crippen LogP contribution in [0.2, 0.25) is 0 Å². The number of aromatic nitrogens is 1. The van der Waals surface area contributed by atoms with Crippen LogP contribution in [0, 0.1) is 0 Å². The van der Waals surface area contributed by atoms with Gasteiger partial charge in [-0.15, -0.1) is 5.53 Å². The number of pyridine rings is 1. The van der Waals surface area contributed by atoms with Gasteiger partial charge >= 0.3 is 0 Å². The largest absolute Gasteiger partial charge is 0.397 e. The van der Waals surface area contributed by atoms with E-state index in [9.17, 15) is 0 Å². The Kier molecular flexibility index (Phi) is 0.925. The van der Waals surface area contributed by atoms with E-state index in [0.29, 0.717) is 5.69 Å². The van der Waals surface area contributed by atoms with Gasteiger partial charge < -0.3 is 5.73 Å². The predicted molar refractivity (Wildman–Crippen MR) is 39.0 cm³/mol. The van der Waals surface area contributed by atoms with Crippen molar-refractivity contribution in [2.45, 2.75) is 0 Å². The van der Waals surface area contributed by atoms with E-state index in [-0.39, 0.29) is 0 Å². The highest BCUT2D eigenvalue weighted by Gasteiger charge is 2.11. The lowest BCUT2D eigenvalue weighted by atomic mass is 10.3. The molecule has 0 saturated heterocycles. The summed E-state index contributed by atoms with van der Waals surface area (Å²) in [6.07, 6.45) is 1.65. The smallest absolute Gasteiger partial charge is 0.168 e. The number of fused-ring (bicyclic) bond motifs is 1. The monoisotopic (exact) mass is 137 g/mol. The Morgan fingerprint density at radius 3 is 3.10 bits per heavy atom. The number of hydrazine groups is 2. The van der Waals surface area contributed by atoms with E-state index >= 15 is 0 Å². The van der Waals surface area contributed by atoms with Gasteiger partial charge in [0, 0.05) is 6.20 Å². The number of hydrogen-bond donors (Lipinski definition) is 4. The standard InChI is InChI=1S/C5H7N5/c6-3-1-2-7-5-4(3)8-10-9-5/h1-2,8,10H,(H3,6,7,9). The van der Waals surface area contributed by atoms with Crippen molar-refractivity contribution < 1.29 is 0 Å². The molecule has 1 aromatic rings. The fourth-order valence-electron chi connectivity index (χ4n) is 0.856. The molecule has 5 heteroatoms. The zero-order valence-corrected chi connectivity index (χ0v) is 5.18. The van der Waals surface area contributed by atoms with Gasteiger partial charge in [0.1, 0.15) is 5.69 Å². The van der Waals surface area contributed by atoms with Gasteiger partial charge in [-0.25, -0.2) is 4.98 Å². The van der Waals surface area contributed by atoms with Crippen molar-refractivity contribution in [3.05, 3.63) is 12.3 Å². The van der Waals surface area contributed by atoms with Crippen LogP contribution < -0.4 is 22.1 Å². The molecule has 5 N–H and O–H groups in total. The lowest BCUT2D eigenvalue weighted by molar-refractivity contribution is 0.999. The summed E-state index contributed by atoms with van der Waals surface area (Å²) in [5, 5.41) is 0. The SMILES string of the molecule is Nc1ccnc2c1NNN2. The fourth-order valence-corrected chi connectivity index (χ4v) is 0.856. The van der Waals surface area contributed by atoms with Gasteiger partial charge in [0.05, 0.1) is 5.69 Å². The van der Waals surface area contributed by atoms with Crippen molar-refractivity contribution in [2.75, 3.05) is 16.6 Å². The Morgan fingerprint density at radius 1 is 1.40 bits per heavy atom. The number of anilines is 3. The number of rotatable bonds is 0. The molecular weight excluding hydrogens is 130 g/mol. The van der Waals surface area contributed by atoms with Crippen LogP contribution in [0.3, 0.4) is 0 Å². The van der Waals surface area contributed by atoms with Crippen molar-refractivity contribution in [2.24, 2.45) is 0 Å². The maximum absolute atomic E-state index is 5.59. The Hall–Kier alpha value is -1.49. The van der Waals surface area contributed by atoms with Crippen LogP contribution in [-0.4, -0.2) is 4.98 Å². The van der Waals surface area contributed by atoms with Crippen molar-refractivity contribution in [1.29, 1.82) is 0 Å². The summed E-state index contributed by atoms with van der Waals surface area (Å²) in [5.41, 5.74) is 15.4. The lowest BCUT2D eigenvalue weighted by Gasteiger charge is -1.97. The van der Waals surface area contributed by atoms with Crippen LogP contribution in [0.5, 0.6) is 0 Å². The molecule has 52 valence electrons. The molecule has 1 aliphatic rings. The molecule has 0 bridgehead atoms. The van der Waals surface area contributed by atoms with Crippen molar-refractivity contribution >= 4 is 17.2 Å². The van der Waals surface area contributed by atoms with E-state index in [0.717, 1.165) is 11.5 Å². The number of nitrogens with two attached hydrogens (primary N) is 1. The first-order chi connectivity index (χ1) is 4.88. The number of nitrogens with one attached hydrogen (secondary N) is 3. The summed E-state index contributed by atoms with van der Waals surface area (Å²) < 4.78 is 0. The molecule has 0 radical (unpaired) electrons. The summed E-state index contributed by atoms with van der Waals surface area (Å²) in [6.45, 7) is 0. The molecule has 2 rings (SSSR count). The molecule has 0 aliphatic carbocycles. The van der Waals surface area contributed by atoms with E-state index in [4.69, 9.17) is 5.73 Å². The van der Waals surface area contributed by atoms with Gasteiger partial charge in [-0.05, 0) is 6.07 Å². The third-order valence-electron chi connectivity index (χ3n) is 1.35. The highest BCUT2D eigenvalue weighted by molar-refractivity contribution is 5.79. The topological polar surface area (TPSA) is 75.0 Å². The summed E-state index contributed by atoms with van der Waals surface area (Å²) in [4.78, 5) is 4.00. The Balaban J connectivity index is 2.59. The summed E-state index contributed by atoms with van der Waals surface area (Å²) in [7, 11) is 0. The average Bonchev–Trinajstić information content (AvgIpc) is 2.36. The second-order valence-corrected chi connectivity index (χ2v) is 2.00. The Morgan fingerprint density at radius 2 is 2.30 bits per heavy atom. The quantitative estimate of drug-likeness (QED) is 0.402. The highest BCUT2D eigenvalue weighted by Crippen LogP contribution is 2.26. The molecule has 0 atom stereocenters. The summed E-state index contributed by atoms with van der Waals surface area (Å²) in [5.74, 6) is 0.736. The maximum atomic E-state index is 5.59.